The Morgan fingerprint density at radius 1 is 1.07 bits per heavy atom. The van der Waals surface area contributed by atoms with Gasteiger partial charge in [0.05, 0.1) is 6.61 Å². The first-order chi connectivity index (χ1) is 13.0. The van der Waals surface area contributed by atoms with E-state index in [1.165, 1.54) is 6.07 Å². The molecule has 0 aliphatic heterocycles. The van der Waals surface area contributed by atoms with E-state index in [4.69, 9.17) is 9.47 Å². The summed E-state index contributed by atoms with van der Waals surface area (Å²) in [7, 11) is 4.15. The molecule has 0 unspecified atom stereocenters. The molecule has 2 rings (SSSR count). The topological polar surface area (TPSA) is 33.7 Å². The molecule has 0 atom stereocenters. The van der Waals surface area contributed by atoms with Crippen LogP contribution in [-0.2, 0) is 13.2 Å². The molecule has 2 aromatic rings. The predicted octanol–water partition coefficient (Wildman–Crippen LogP) is 4.61. The van der Waals surface area contributed by atoms with Gasteiger partial charge in [-0.3, -0.25) is 0 Å². The quantitative estimate of drug-likeness (QED) is 0.519. The Hall–Kier alpha value is -1.63. The first kappa shape index (κ1) is 21.7. The van der Waals surface area contributed by atoms with E-state index < -0.39 is 0 Å². The summed E-state index contributed by atoms with van der Waals surface area (Å²) in [5, 5.41) is 3.45. The summed E-state index contributed by atoms with van der Waals surface area (Å²) in [5.41, 5.74) is 1.62. The van der Waals surface area contributed by atoms with Crippen molar-refractivity contribution < 1.29 is 13.9 Å². The normalized spacial score (nSPS) is 11.0. The van der Waals surface area contributed by atoms with E-state index in [0.29, 0.717) is 23.7 Å². The van der Waals surface area contributed by atoms with E-state index in [9.17, 15) is 4.39 Å². The van der Waals surface area contributed by atoms with Crippen molar-refractivity contribution in [1.82, 2.24) is 10.2 Å². The van der Waals surface area contributed by atoms with Crippen LogP contribution < -0.4 is 14.8 Å². The fourth-order valence-electron chi connectivity index (χ4n) is 2.61. The van der Waals surface area contributed by atoms with E-state index in [0.717, 1.165) is 36.1 Å². The van der Waals surface area contributed by atoms with Gasteiger partial charge in [0.2, 0.25) is 0 Å². The first-order valence-corrected chi connectivity index (χ1v) is 9.97. The number of rotatable bonds is 11. The van der Waals surface area contributed by atoms with Crippen LogP contribution in [0.5, 0.6) is 11.5 Å². The first-order valence-electron chi connectivity index (χ1n) is 9.18. The Labute approximate surface area is 169 Å². The Kier molecular flexibility index (Phi) is 9.04. The molecule has 27 heavy (non-hydrogen) atoms. The lowest BCUT2D eigenvalue weighted by Gasteiger charge is -2.16. The molecule has 0 aliphatic carbocycles. The van der Waals surface area contributed by atoms with Crippen molar-refractivity contribution in [3.8, 4) is 11.5 Å². The van der Waals surface area contributed by atoms with Crippen LogP contribution in [0.3, 0.4) is 0 Å². The third kappa shape index (κ3) is 7.13. The fourth-order valence-corrected chi connectivity index (χ4v) is 3.07. The Morgan fingerprint density at radius 3 is 2.52 bits per heavy atom. The number of benzene rings is 2. The van der Waals surface area contributed by atoms with Gasteiger partial charge in [-0.1, -0.05) is 34.1 Å². The van der Waals surface area contributed by atoms with Crippen molar-refractivity contribution in [2.75, 3.05) is 33.8 Å². The van der Waals surface area contributed by atoms with Gasteiger partial charge >= 0.3 is 0 Å². The minimum Gasteiger partial charge on any atom is -0.490 e. The van der Waals surface area contributed by atoms with Crippen molar-refractivity contribution in [2.45, 2.75) is 26.5 Å². The molecule has 0 saturated carbocycles. The van der Waals surface area contributed by atoms with Gasteiger partial charge in [-0.15, -0.1) is 0 Å². The third-order valence-electron chi connectivity index (χ3n) is 4.03. The number of hydrogen-bond donors (Lipinski definition) is 1. The van der Waals surface area contributed by atoms with E-state index in [-0.39, 0.29) is 12.4 Å². The third-order valence-corrected chi connectivity index (χ3v) is 4.77. The molecular weight excluding hydrogens is 411 g/mol. The van der Waals surface area contributed by atoms with Crippen molar-refractivity contribution in [2.24, 2.45) is 0 Å². The lowest BCUT2D eigenvalue weighted by molar-refractivity contribution is 0.265. The second-order valence-electron chi connectivity index (χ2n) is 6.54. The van der Waals surface area contributed by atoms with Crippen LogP contribution in [-0.4, -0.2) is 38.7 Å². The minimum atomic E-state index is -0.270. The maximum atomic E-state index is 13.8. The molecule has 4 nitrogen and oxygen atoms in total. The SMILES string of the molecule is CCOc1cc(CNCCCN(C)C)c(Br)cc1OCc1ccccc1F. The maximum Gasteiger partial charge on any atom is 0.162 e. The van der Waals surface area contributed by atoms with Crippen LogP contribution in [0, 0.1) is 5.82 Å². The largest absolute Gasteiger partial charge is 0.490 e. The number of halogens is 2. The van der Waals surface area contributed by atoms with E-state index >= 15 is 0 Å². The highest BCUT2D eigenvalue weighted by Gasteiger charge is 2.12. The standard InChI is InChI=1S/C21H28BrFN2O2/c1-4-26-20-12-17(14-24-10-7-11-25(2)3)18(22)13-21(20)27-15-16-8-5-6-9-19(16)23/h5-6,8-9,12-13,24H,4,7,10-11,14-15H2,1-3H3. The lowest BCUT2D eigenvalue weighted by Crippen LogP contribution is -2.21. The number of nitrogens with zero attached hydrogens (tertiary/aromatic N) is 1. The summed E-state index contributed by atoms with van der Waals surface area (Å²) in [4.78, 5) is 2.17. The van der Waals surface area contributed by atoms with Gasteiger partial charge in [-0.2, -0.15) is 0 Å². The van der Waals surface area contributed by atoms with Gasteiger partial charge in [0.15, 0.2) is 11.5 Å². The van der Waals surface area contributed by atoms with Crippen molar-refractivity contribution in [3.63, 3.8) is 0 Å². The maximum absolute atomic E-state index is 13.8. The summed E-state index contributed by atoms with van der Waals surface area (Å²) in [6.07, 6.45) is 1.09. The molecule has 0 heterocycles. The molecule has 0 aliphatic rings. The van der Waals surface area contributed by atoms with Gasteiger partial charge in [-0.25, -0.2) is 4.39 Å². The minimum absolute atomic E-state index is 0.154. The van der Waals surface area contributed by atoms with E-state index in [1.807, 2.05) is 19.1 Å². The molecule has 0 amide bonds. The van der Waals surface area contributed by atoms with Gasteiger partial charge in [0, 0.05) is 16.6 Å². The summed E-state index contributed by atoms with van der Waals surface area (Å²) in [5.74, 6) is 0.999. The highest BCUT2D eigenvalue weighted by atomic mass is 79.9. The van der Waals surface area contributed by atoms with Crippen LogP contribution >= 0.6 is 15.9 Å². The zero-order chi connectivity index (χ0) is 19.6. The second kappa shape index (κ2) is 11.3. The Morgan fingerprint density at radius 2 is 1.81 bits per heavy atom. The zero-order valence-electron chi connectivity index (χ0n) is 16.2. The Bertz CT molecular complexity index is 725. The van der Waals surface area contributed by atoms with Crippen LogP contribution in [0.2, 0.25) is 0 Å². The molecule has 0 saturated heterocycles. The lowest BCUT2D eigenvalue weighted by atomic mass is 10.2. The number of ether oxygens (including phenoxy) is 2. The molecule has 0 bridgehead atoms. The molecule has 0 aromatic heterocycles. The van der Waals surface area contributed by atoms with Gasteiger partial charge < -0.3 is 19.7 Å². The fraction of sp³-hybridized carbons (Fsp3) is 0.429. The van der Waals surface area contributed by atoms with Gasteiger partial charge in [-0.05, 0) is 64.3 Å². The summed E-state index contributed by atoms with van der Waals surface area (Å²) < 4.78 is 26.3. The number of hydrogen-bond acceptors (Lipinski definition) is 4. The van der Waals surface area contributed by atoms with E-state index in [1.54, 1.807) is 18.2 Å². The van der Waals surface area contributed by atoms with Gasteiger partial charge in [0.1, 0.15) is 12.4 Å². The highest BCUT2D eigenvalue weighted by Crippen LogP contribution is 2.34. The molecule has 1 N–H and O–H groups in total. The van der Waals surface area contributed by atoms with E-state index in [2.05, 4.69) is 40.2 Å². The van der Waals surface area contributed by atoms with Crippen LogP contribution in [0.15, 0.2) is 40.9 Å². The molecule has 0 radical (unpaired) electrons. The number of nitrogens with one attached hydrogen (secondary N) is 1. The average Bonchev–Trinajstić information content (AvgIpc) is 2.63. The molecular formula is C21H28BrFN2O2. The van der Waals surface area contributed by atoms with Crippen LogP contribution in [0.25, 0.3) is 0 Å². The van der Waals surface area contributed by atoms with Crippen molar-refractivity contribution >= 4 is 15.9 Å². The molecule has 2 aromatic carbocycles. The predicted molar refractivity (Wildman–Crippen MR) is 111 cm³/mol. The molecule has 6 heteroatoms. The summed E-state index contributed by atoms with van der Waals surface area (Å²) in [6, 6.07) is 10.5. The molecule has 148 valence electrons. The van der Waals surface area contributed by atoms with Crippen LogP contribution in [0.4, 0.5) is 4.39 Å². The van der Waals surface area contributed by atoms with Gasteiger partial charge in [0.25, 0.3) is 0 Å². The van der Waals surface area contributed by atoms with Crippen LogP contribution in [0.1, 0.15) is 24.5 Å². The average molecular weight is 439 g/mol. The zero-order valence-corrected chi connectivity index (χ0v) is 17.8. The second-order valence-corrected chi connectivity index (χ2v) is 7.39. The summed E-state index contributed by atoms with van der Waals surface area (Å²) in [6.45, 7) is 5.36. The smallest absolute Gasteiger partial charge is 0.162 e. The summed E-state index contributed by atoms with van der Waals surface area (Å²) >= 11 is 3.61. The highest BCUT2D eigenvalue weighted by molar-refractivity contribution is 9.10. The molecule has 0 fully saturated rings. The Balaban J connectivity index is 2.02. The van der Waals surface area contributed by atoms with Crippen molar-refractivity contribution in [1.29, 1.82) is 0 Å². The molecule has 0 spiro atoms. The monoisotopic (exact) mass is 438 g/mol. The van der Waals surface area contributed by atoms with Crippen molar-refractivity contribution in [3.05, 3.63) is 57.8 Å².